The van der Waals surface area contributed by atoms with Crippen LogP contribution in [0.25, 0.3) is 0 Å². The average Bonchev–Trinajstić information content (AvgIpc) is 3.22. The summed E-state index contributed by atoms with van der Waals surface area (Å²) in [6.07, 6.45) is 2.09. The van der Waals surface area contributed by atoms with E-state index in [1.165, 1.54) is 12.1 Å². The van der Waals surface area contributed by atoms with Gasteiger partial charge in [0.05, 0.1) is 10.5 Å². The number of carbonyl (C=O) groups is 2. The molecule has 0 saturated heterocycles. The van der Waals surface area contributed by atoms with Crippen molar-refractivity contribution in [3.8, 4) is 5.75 Å². The topological polar surface area (TPSA) is 122 Å². The van der Waals surface area contributed by atoms with Crippen LogP contribution in [0, 0.1) is 10.1 Å². The van der Waals surface area contributed by atoms with Crippen LogP contribution in [0.2, 0.25) is 0 Å². The predicted octanol–water partition coefficient (Wildman–Crippen LogP) is 0.699. The van der Waals surface area contributed by atoms with Crippen LogP contribution in [0.3, 0.4) is 0 Å². The van der Waals surface area contributed by atoms with Gasteiger partial charge < -0.3 is 15.7 Å². The van der Waals surface area contributed by atoms with Gasteiger partial charge in [-0.15, -0.1) is 0 Å². The fourth-order valence-corrected chi connectivity index (χ4v) is 1.77. The molecule has 0 spiro atoms. The lowest BCUT2D eigenvalue weighted by molar-refractivity contribution is -0.385. The molecule has 2 rings (SSSR count). The summed E-state index contributed by atoms with van der Waals surface area (Å²) in [6, 6.07) is 3.96. The van der Waals surface area contributed by atoms with Crippen molar-refractivity contribution in [3.05, 3.63) is 33.9 Å². The van der Waals surface area contributed by atoms with E-state index < -0.39 is 22.3 Å². The number of aromatic hydroxyl groups is 1. The largest absolute Gasteiger partial charge is 0.502 e. The molecule has 1 aliphatic carbocycles. The quantitative estimate of drug-likeness (QED) is 0.526. The number of nitrogens with zero attached hydrogens (tertiary/aromatic N) is 1. The number of benzene rings is 1. The summed E-state index contributed by atoms with van der Waals surface area (Å²) in [7, 11) is 0. The standard InChI is InChI=1S/C13H15N3O5/c17-11(15-8-4-5-8)6-7-14-13(19)9-2-1-3-10(12(9)18)16(20)21/h1-3,8,18H,4-7H2,(H,14,19)(H,15,17). The molecule has 0 unspecified atom stereocenters. The van der Waals surface area contributed by atoms with Crippen LogP contribution >= 0.6 is 0 Å². The lowest BCUT2D eigenvalue weighted by Crippen LogP contribution is -2.31. The highest BCUT2D eigenvalue weighted by Gasteiger charge is 2.23. The van der Waals surface area contributed by atoms with E-state index >= 15 is 0 Å². The number of para-hydroxylation sites is 1. The molecule has 1 fully saturated rings. The molecule has 21 heavy (non-hydrogen) atoms. The van der Waals surface area contributed by atoms with Gasteiger partial charge in [-0.1, -0.05) is 6.07 Å². The average molecular weight is 293 g/mol. The highest BCUT2D eigenvalue weighted by Crippen LogP contribution is 2.29. The zero-order chi connectivity index (χ0) is 15.4. The fraction of sp³-hybridized carbons (Fsp3) is 0.385. The molecule has 1 aromatic carbocycles. The van der Waals surface area contributed by atoms with E-state index in [-0.39, 0.29) is 30.5 Å². The number of phenolic OH excluding ortho intramolecular Hbond substituents is 1. The molecule has 112 valence electrons. The zero-order valence-corrected chi connectivity index (χ0v) is 11.2. The Bertz CT molecular complexity index is 583. The maximum absolute atomic E-state index is 11.8. The number of carbonyl (C=O) groups excluding carboxylic acids is 2. The number of phenols is 1. The Morgan fingerprint density at radius 2 is 2.10 bits per heavy atom. The van der Waals surface area contributed by atoms with Gasteiger partial charge in [-0.2, -0.15) is 0 Å². The minimum absolute atomic E-state index is 0.0967. The van der Waals surface area contributed by atoms with Crippen molar-refractivity contribution in [2.45, 2.75) is 25.3 Å². The molecule has 0 aromatic heterocycles. The van der Waals surface area contributed by atoms with Crippen LogP contribution in [-0.2, 0) is 4.79 Å². The van der Waals surface area contributed by atoms with Gasteiger partial charge in [-0.3, -0.25) is 19.7 Å². The molecule has 1 aliphatic rings. The van der Waals surface area contributed by atoms with Crippen LogP contribution in [0.15, 0.2) is 18.2 Å². The molecule has 1 saturated carbocycles. The number of amides is 2. The smallest absolute Gasteiger partial charge is 0.311 e. The summed E-state index contributed by atoms with van der Waals surface area (Å²) < 4.78 is 0. The first-order chi connectivity index (χ1) is 9.99. The molecule has 3 N–H and O–H groups in total. The van der Waals surface area contributed by atoms with E-state index in [1.54, 1.807) is 0 Å². The Morgan fingerprint density at radius 1 is 1.38 bits per heavy atom. The predicted molar refractivity (Wildman–Crippen MR) is 72.9 cm³/mol. The number of nitrogens with one attached hydrogen (secondary N) is 2. The third-order valence-corrected chi connectivity index (χ3v) is 3.04. The van der Waals surface area contributed by atoms with Crippen molar-refractivity contribution >= 4 is 17.5 Å². The second kappa shape index (κ2) is 6.21. The van der Waals surface area contributed by atoms with E-state index in [9.17, 15) is 24.8 Å². The van der Waals surface area contributed by atoms with E-state index in [4.69, 9.17) is 0 Å². The van der Waals surface area contributed by atoms with E-state index in [0.29, 0.717) is 0 Å². The van der Waals surface area contributed by atoms with Crippen molar-refractivity contribution in [2.24, 2.45) is 0 Å². The monoisotopic (exact) mass is 293 g/mol. The van der Waals surface area contributed by atoms with Gasteiger partial charge in [-0.25, -0.2) is 0 Å². The number of nitro groups is 1. The first-order valence-corrected chi connectivity index (χ1v) is 6.53. The van der Waals surface area contributed by atoms with Crippen LogP contribution in [0.1, 0.15) is 29.6 Å². The number of nitro benzene ring substituents is 1. The van der Waals surface area contributed by atoms with Gasteiger partial charge in [0.1, 0.15) is 0 Å². The Labute approximate surface area is 120 Å². The Morgan fingerprint density at radius 3 is 2.71 bits per heavy atom. The van der Waals surface area contributed by atoms with Crippen LogP contribution in [-0.4, -0.2) is 34.4 Å². The molecule has 1 aromatic rings. The zero-order valence-electron chi connectivity index (χ0n) is 11.2. The molecule has 0 radical (unpaired) electrons. The van der Waals surface area contributed by atoms with Crippen LogP contribution in [0.4, 0.5) is 5.69 Å². The summed E-state index contributed by atoms with van der Waals surface area (Å²) in [5.74, 6) is -1.49. The fourth-order valence-electron chi connectivity index (χ4n) is 1.77. The van der Waals surface area contributed by atoms with E-state index in [1.807, 2.05) is 0 Å². The van der Waals surface area contributed by atoms with Gasteiger partial charge in [0.15, 0.2) is 0 Å². The van der Waals surface area contributed by atoms with Crippen molar-refractivity contribution in [1.29, 1.82) is 0 Å². The van der Waals surface area contributed by atoms with Crippen molar-refractivity contribution < 1.29 is 19.6 Å². The normalized spacial score (nSPS) is 13.5. The Hall–Kier alpha value is -2.64. The highest BCUT2D eigenvalue weighted by atomic mass is 16.6. The van der Waals surface area contributed by atoms with Crippen molar-refractivity contribution in [1.82, 2.24) is 10.6 Å². The summed E-state index contributed by atoms with van der Waals surface area (Å²) >= 11 is 0. The minimum Gasteiger partial charge on any atom is -0.502 e. The molecule has 8 heteroatoms. The van der Waals surface area contributed by atoms with Crippen molar-refractivity contribution in [2.75, 3.05) is 6.54 Å². The molecular formula is C13H15N3O5. The third-order valence-electron chi connectivity index (χ3n) is 3.04. The van der Waals surface area contributed by atoms with E-state index in [2.05, 4.69) is 10.6 Å². The van der Waals surface area contributed by atoms with E-state index in [0.717, 1.165) is 18.9 Å². The molecule has 2 amide bonds. The maximum atomic E-state index is 11.8. The number of rotatable bonds is 6. The maximum Gasteiger partial charge on any atom is 0.311 e. The molecule has 0 aliphatic heterocycles. The summed E-state index contributed by atoms with van der Waals surface area (Å²) in [5, 5.41) is 25.6. The molecule has 0 atom stereocenters. The minimum atomic E-state index is -0.769. The summed E-state index contributed by atoms with van der Waals surface area (Å²) in [5.41, 5.74) is -0.721. The molecule has 0 bridgehead atoms. The van der Waals surface area contributed by atoms with Gasteiger partial charge in [0.25, 0.3) is 5.91 Å². The van der Waals surface area contributed by atoms with Crippen molar-refractivity contribution in [3.63, 3.8) is 0 Å². The van der Waals surface area contributed by atoms with Gasteiger partial charge in [0, 0.05) is 25.1 Å². The summed E-state index contributed by atoms with van der Waals surface area (Å²) in [6.45, 7) is 0.0967. The highest BCUT2D eigenvalue weighted by molar-refractivity contribution is 5.98. The van der Waals surface area contributed by atoms with Crippen LogP contribution < -0.4 is 10.6 Å². The molecule has 0 heterocycles. The third kappa shape index (κ3) is 3.91. The first-order valence-electron chi connectivity index (χ1n) is 6.53. The first kappa shape index (κ1) is 14.8. The lowest BCUT2D eigenvalue weighted by atomic mass is 10.1. The Balaban J connectivity index is 1.89. The second-order valence-corrected chi connectivity index (χ2v) is 4.78. The molecular weight excluding hydrogens is 278 g/mol. The lowest BCUT2D eigenvalue weighted by Gasteiger charge is -2.07. The number of hydrogen-bond acceptors (Lipinski definition) is 5. The van der Waals surface area contributed by atoms with Gasteiger partial charge in [-0.05, 0) is 18.9 Å². The SMILES string of the molecule is O=C(CCNC(=O)c1cccc([N+](=O)[O-])c1O)NC1CC1. The van der Waals surface area contributed by atoms with Crippen LogP contribution in [0.5, 0.6) is 5.75 Å². The Kier molecular flexibility index (Phi) is 4.36. The second-order valence-electron chi connectivity index (χ2n) is 4.78. The van der Waals surface area contributed by atoms with Gasteiger partial charge in [0.2, 0.25) is 11.7 Å². The van der Waals surface area contributed by atoms with Gasteiger partial charge >= 0.3 is 5.69 Å². The summed E-state index contributed by atoms with van der Waals surface area (Å²) in [4.78, 5) is 33.2. The molecule has 8 nitrogen and oxygen atoms in total. The number of hydrogen-bond donors (Lipinski definition) is 3.